The number of carbonyl (C=O) groups is 2. The Balaban J connectivity index is 2.05. The molecule has 1 saturated heterocycles. The van der Waals surface area contributed by atoms with Crippen LogP contribution in [0.2, 0.25) is 0 Å². The number of anilines is 2. The molecular formula is C11H10N4O2S. The Hall–Kier alpha value is -2.15. The topological polar surface area (TPSA) is 88.3 Å². The lowest BCUT2D eigenvalue weighted by Crippen LogP contribution is -2.51. The van der Waals surface area contributed by atoms with Crippen molar-refractivity contribution in [2.45, 2.75) is 0 Å². The normalized spacial score (nSPS) is 16.1. The summed E-state index contributed by atoms with van der Waals surface area (Å²) in [7, 11) is 0. The van der Waals surface area contributed by atoms with Crippen molar-refractivity contribution in [1.82, 2.24) is 10.3 Å². The molecule has 2 amide bonds. The fourth-order valence-electron chi connectivity index (χ4n) is 2.02. The molecule has 6 nitrogen and oxygen atoms in total. The van der Waals surface area contributed by atoms with Gasteiger partial charge in [0.05, 0.1) is 34.7 Å². The van der Waals surface area contributed by atoms with Crippen LogP contribution in [0.1, 0.15) is 0 Å². The van der Waals surface area contributed by atoms with E-state index in [1.807, 2.05) is 12.1 Å². The van der Waals surface area contributed by atoms with Crippen molar-refractivity contribution in [3.05, 3.63) is 17.6 Å². The van der Waals surface area contributed by atoms with E-state index in [9.17, 15) is 9.59 Å². The van der Waals surface area contributed by atoms with Crippen molar-refractivity contribution in [3.63, 3.8) is 0 Å². The zero-order valence-electron chi connectivity index (χ0n) is 9.34. The lowest BCUT2D eigenvalue weighted by atomic mass is 10.2. The highest BCUT2D eigenvalue weighted by Crippen LogP contribution is 2.32. The lowest BCUT2D eigenvalue weighted by Gasteiger charge is -2.28. The van der Waals surface area contributed by atoms with Gasteiger partial charge in [0.25, 0.3) is 0 Å². The van der Waals surface area contributed by atoms with Gasteiger partial charge in [0.2, 0.25) is 11.8 Å². The molecule has 18 heavy (non-hydrogen) atoms. The quantitative estimate of drug-likeness (QED) is 0.571. The number of nitrogen functional groups attached to an aromatic ring is 1. The first-order chi connectivity index (χ1) is 8.65. The first kappa shape index (κ1) is 11.0. The molecule has 92 valence electrons. The maximum atomic E-state index is 11.4. The second-order valence-corrected chi connectivity index (χ2v) is 4.91. The Morgan fingerprint density at radius 3 is 2.72 bits per heavy atom. The maximum Gasteiger partial charge on any atom is 0.246 e. The Morgan fingerprint density at radius 1 is 1.28 bits per heavy atom. The first-order valence-electron chi connectivity index (χ1n) is 5.34. The number of imide groups is 1. The summed E-state index contributed by atoms with van der Waals surface area (Å²) < 4.78 is 0.990. The van der Waals surface area contributed by atoms with Crippen LogP contribution in [0.15, 0.2) is 17.6 Å². The van der Waals surface area contributed by atoms with E-state index in [-0.39, 0.29) is 24.9 Å². The fraction of sp³-hybridized carbons (Fsp3) is 0.182. The molecule has 0 radical (unpaired) electrons. The Morgan fingerprint density at radius 2 is 2.00 bits per heavy atom. The summed E-state index contributed by atoms with van der Waals surface area (Å²) in [6, 6.07) is 3.72. The van der Waals surface area contributed by atoms with Crippen molar-refractivity contribution in [3.8, 4) is 0 Å². The largest absolute Gasteiger partial charge is 0.395 e. The van der Waals surface area contributed by atoms with Gasteiger partial charge in [-0.25, -0.2) is 4.98 Å². The zero-order valence-corrected chi connectivity index (χ0v) is 10.2. The summed E-state index contributed by atoms with van der Waals surface area (Å²) in [5.74, 6) is -0.631. The minimum absolute atomic E-state index is 0.131. The van der Waals surface area contributed by atoms with Crippen LogP contribution in [0.25, 0.3) is 10.2 Å². The number of carbonyl (C=O) groups excluding carboxylic acids is 2. The molecule has 0 aliphatic carbocycles. The molecule has 0 bridgehead atoms. The zero-order chi connectivity index (χ0) is 12.7. The minimum Gasteiger partial charge on any atom is -0.395 e. The third-order valence-electron chi connectivity index (χ3n) is 2.81. The van der Waals surface area contributed by atoms with Gasteiger partial charge in [-0.3, -0.25) is 14.9 Å². The van der Waals surface area contributed by atoms with Crippen LogP contribution < -0.4 is 16.0 Å². The number of rotatable bonds is 1. The van der Waals surface area contributed by atoms with Gasteiger partial charge in [-0.2, -0.15) is 0 Å². The van der Waals surface area contributed by atoms with E-state index in [0.29, 0.717) is 11.4 Å². The van der Waals surface area contributed by atoms with Crippen LogP contribution >= 0.6 is 11.3 Å². The highest BCUT2D eigenvalue weighted by molar-refractivity contribution is 7.16. The van der Waals surface area contributed by atoms with Crippen LogP contribution in [-0.2, 0) is 9.59 Å². The van der Waals surface area contributed by atoms with Gasteiger partial charge in [0, 0.05) is 0 Å². The number of nitrogens with one attached hydrogen (secondary N) is 1. The summed E-state index contributed by atoms with van der Waals surface area (Å²) in [5.41, 5.74) is 9.67. The molecule has 1 aromatic heterocycles. The van der Waals surface area contributed by atoms with Gasteiger partial charge in [-0.15, -0.1) is 11.3 Å². The molecule has 1 fully saturated rings. The second-order valence-electron chi connectivity index (χ2n) is 4.02. The predicted molar refractivity (Wildman–Crippen MR) is 69.4 cm³/mol. The summed E-state index contributed by atoms with van der Waals surface area (Å²) in [6.07, 6.45) is 0. The standard InChI is InChI=1S/C11H10N4O2S/c12-10-6(1-2-7-11(10)13-5-18-7)15-3-8(16)14-9(17)4-15/h1-2,5H,3-4,12H2,(H,14,16,17). The number of aromatic nitrogens is 1. The van der Waals surface area contributed by atoms with Crippen molar-refractivity contribution in [2.75, 3.05) is 23.7 Å². The van der Waals surface area contributed by atoms with Gasteiger partial charge >= 0.3 is 0 Å². The summed E-state index contributed by atoms with van der Waals surface area (Å²) in [4.78, 5) is 28.6. The Kier molecular flexibility index (Phi) is 2.41. The second kappa shape index (κ2) is 3.95. The highest BCUT2D eigenvalue weighted by Gasteiger charge is 2.24. The number of benzene rings is 1. The van der Waals surface area contributed by atoms with E-state index >= 15 is 0 Å². The average Bonchev–Trinajstić information content (AvgIpc) is 2.77. The van der Waals surface area contributed by atoms with Gasteiger partial charge in [0.15, 0.2) is 0 Å². The molecule has 7 heteroatoms. The molecule has 1 aliphatic rings. The summed E-state index contributed by atoms with van der Waals surface area (Å²) >= 11 is 1.50. The number of nitrogens with zero attached hydrogens (tertiary/aromatic N) is 2. The Bertz CT molecular complexity index is 636. The molecule has 1 aromatic carbocycles. The number of thiazole rings is 1. The maximum absolute atomic E-state index is 11.4. The Labute approximate surface area is 106 Å². The molecule has 0 spiro atoms. The molecule has 0 saturated carbocycles. The molecule has 2 aromatic rings. The third-order valence-corrected chi connectivity index (χ3v) is 3.60. The van der Waals surface area contributed by atoms with E-state index in [1.54, 1.807) is 10.4 Å². The number of amides is 2. The van der Waals surface area contributed by atoms with Gasteiger partial charge in [-0.05, 0) is 12.1 Å². The van der Waals surface area contributed by atoms with Crippen LogP contribution in [-0.4, -0.2) is 29.9 Å². The van der Waals surface area contributed by atoms with Crippen LogP contribution in [0, 0.1) is 0 Å². The minimum atomic E-state index is -0.316. The van der Waals surface area contributed by atoms with E-state index < -0.39 is 0 Å². The van der Waals surface area contributed by atoms with E-state index in [1.165, 1.54) is 11.3 Å². The van der Waals surface area contributed by atoms with Crippen molar-refractivity contribution < 1.29 is 9.59 Å². The highest BCUT2D eigenvalue weighted by atomic mass is 32.1. The van der Waals surface area contributed by atoms with Crippen LogP contribution in [0.4, 0.5) is 11.4 Å². The smallest absolute Gasteiger partial charge is 0.246 e. The van der Waals surface area contributed by atoms with Gasteiger partial charge in [0.1, 0.15) is 5.52 Å². The van der Waals surface area contributed by atoms with E-state index in [4.69, 9.17) is 5.73 Å². The van der Waals surface area contributed by atoms with Crippen LogP contribution in [0.3, 0.4) is 0 Å². The molecule has 2 heterocycles. The van der Waals surface area contributed by atoms with Gasteiger partial charge in [-0.1, -0.05) is 0 Å². The fourth-order valence-corrected chi connectivity index (χ4v) is 2.72. The monoisotopic (exact) mass is 262 g/mol. The number of fused-ring (bicyclic) bond motifs is 1. The van der Waals surface area contributed by atoms with Gasteiger partial charge < -0.3 is 10.6 Å². The van der Waals surface area contributed by atoms with E-state index in [0.717, 1.165) is 10.2 Å². The predicted octanol–water partition coefficient (Wildman–Crippen LogP) is 0.341. The number of hydrogen-bond acceptors (Lipinski definition) is 6. The number of piperazine rings is 1. The van der Waals surface area contributed by atoms with Crippen molar-refractivity contribution >= 4 is 44.7 Å². The summed E-state index contributed by atoms with van der Waals surface area (Å²) in [6.45, 7) is 0.261. The van der Waals surface area contributed by atoms with Crippen molar-refractivity contribution in [2.24, 2.45) is 0 Å². The van der Waals surface area contributed by atoms with Crippen molar-refractivity contribution in [1.29, 1.82) is 0 Å². The first-order valence-corrected chi connectivity index (χ1v) is 6.22. The van der Waals surface area contributed by atoms with E-state index in [2.05, 4.69) is 10.3 Å². The molecular weight excluding hydrogens is 252 g/mol. The third kappa shape index (κ3) is 1.68. The summed E-state index contributed by atoms with van der Waals surface area (Å²) in [5, 5.41) is 2.26. The molecule has 0 unspecified atom stereocenters. The molecule has 1 aliphatic heterocycles. The molecule has 3 rings (SSSR count). The van der Waals surface area contributed by atoms with Crippen LogP contribution in [0.5, 0.6) is 0 Å². The number of nitrogens with two attached hydrogens (primary N) is 1. The molecule has 3 N–H and O–H groups in total. The molecule has 0 atom stereocenters. The average molecular weight is 262 g/mol. The number of hydrogen-bond donors (Lipinski definition) is 2. The SMILES string of the molecule is Nc1c(N2CC(=O)NC(=O)C2)ccc2scnc12. The lowest BCUT2D eigenvalue weighted by molar-refractivity contribution is -0.130.